The third-order valence-corrected chi connectivity index (χ3v) is 6.45. The average molecular weight is 516 g/mol. The number of aryl methyl sites for hydroxylation is 1. The zero-order valence-electron chi connectivity index (χ0n) is 17.8. The van der Waals surface area contributed by atoms with Crippen molar-refractivity contribution >= 4 is 41.5 Å². The van der Waals surface area contributed by atoms with Gasteiger partial charge in [0.15, 0.2) is 5.96 Å². The highest BCUT2D eigenvalue weighted by Crippen LogP contribution is 2.51. The Morgan fingerprint density at radius 3 is 2.86 bits per heavy atom. The second-order valence-electron chi connectivity index (χ2n) is 8.68. The number of hydrogen-bond acceptors (Lipinski definition) is 4. The third-order valence-electron chi connectivity index (χ3n) is 6.45. The molecule has 0 radical (unpaired) electrons. The summed E-state index contributed by atoms with van der Waals surface area (Å²) in [6.07, 6.45) is 6.27. The van der Waals surface area contributed by atoms with Crippen LogP contribution in [-0.4, -0.2) is 71.5 Å². The first-order chi connectivity index (χ1) is 13.4. The summed E-state index contributed by atoms with van der Waals surface area (Å²) in [4.78, 5) is 21.4. The molecule has 2 saturated heterocycles. The van der Waals surface area contributed by atoms with Gasteiger partial charge in [-0.05, 0) is 19.8 Å². The number of aromatic nitrogens is 2. The highest BCUT2D eigenvalue weighted by atomic mass is 127. The molecular formula is C20H33IN6O2. The summed E-state index contributed by atoms with van der Waals surface area (Å²) in [5, 5.41) is 7.89. The topological polar surface area (TPSA) is 75.0 Å². The van der Waals surface area contributed by atoms with Crippen LogP contribution in [0.15, 0.2) is 17.4 Å². The number of halogens is 1. The Morgan fingerprint density at radius 1 is 1.41 bits per heavy atom. The second kappa shape index (κ2) is 8.79. The summed E-state index contributed by atoms with van der Waals surface area (Å²) in [5.74, 6) is 1.46. The zero-order chi connectivity index (χ0) is 19.9. The van der Waals surface area contributed by atoms with Crippen molar-refractivity contribution in [3.63, 3.8) is 0 Å². The summed E-state index contributed by atoms with van der Waals surface area (Å²) >= 11 is 0. The van der Waals surface area contributed by atoms with Gasteiger partial charge in [0.05, 0.1) is 18.0 Å². The Balaban J connectivity index is 0.00000240. The molecule has 8 nitrogen and oxygen atoms in total. The smallest absolute Gasteiger partial charge is 0.246 e. The van der Waals surface area contributed by atoms with Gasteiger partial charge in [0.25, 0.3) is 0 Å². The third kappa shape index (κ3) is 4.12. The molecule has 0 aromatic carbocycles. The van der Waals surface area contributed by atoms with Crippen molar-refractivity contribution in [3.8, 4) is 0 Å². The fourth-order valence-corrected chi connectivity index (χ4v) is 5.02. The van der Waals surface area contributed by atoms with E-state index in [1.807, 2.05) is 25.1 Å². The zero-order valence-corrected chi connectivity index (χ0v) is 20.1. The minimum Gasteiger partial charge on any atom is -0.377 e. The molecule has 1 amide bonds. The molecule has 1 aromatic heterocycles. The van der Waals surface area contributed by atoms with E-state index in [-0.39, 0.29) is 35.3 Å². The van der Waals surface area contributed by atoms with Crippen LogP contribution in [0.5, 0.6) is 0 Å². The molecule has 1 aliphatic carbocycles. The number of rotatable bonds is 3. The van der Waals surface area contributed by atoms with E-state index >= 15 is 0 Å². The molecule has 3 unspecified atom stereocenters. The monoisotopic (exact) mass is 516 g/mol. The first kappa shape index (κ1) is 22.3. The lowest BCUT2D eigenvalue weighted by molar-refractivity contribution is -0.188. The summed E-state index contributed by atoms with van der Waals surface area (Å²) in [5.41, 5.74) is 0.928. The predicted molar refractivity (Wildman–Crippen MR) is 124 cm³/mol. The number of nitrogens with one attached hydrogen (secondary N) is 1. The van der Waals surface area contributed by atoms with Gasteiger partial charge < -0.3 is 19.9 Å². The standard InChI is InChI=1S/C20H32N6O2.HI/c1-5-21-19(23-17-15-7-6-10-28-18(15)20(17,2)3)25-8-9-26(16(27)13-25)14-11-22-24(4)12-14;/h11-12,15,17-18H,5-10,13H2,1-4H3,(H,21,23);1H. The van der Waals surface area contributed by atoms with E-state index < -0.39 is 0 Å². The number of hydrogen-bond donors (Lipinski definition) is 1. The van der Waals surface area contributed by atoms with Crippen molar-refractivity contribution in [1.82, 2.24) is 20.0 Å². The van der Waals surface area contributed by atoms with E-state index in [9.17, 15) is 4.79 Å². The fourth-order valence-electron chi connectivity index (χ4n) is 5.02. The van der Waals surface area contributed by atoms with Gasteiger partial charge in [0, 0.05) is 56.9 Å². The van der Waals surface area contributed by atoms with Crippen LogP contribution >= 0.6 is 24.0 Å². The SMILES string of the molecule is CCN=C(NC1C2CCCOC2C1(C)C)N1CCN(c2cnn(C)c2)C(=O)C1.I. The highest BCUT2D eigenvalue weighted by Gasteiger charge is 2.58. The number of amides is 1. The molecule has 3 heterocycles. The summed E-state index contributed by atoms with van der Waals surface area (Å²) in [6, 6.07) is 0.328. The lowest BCUT2D eigenvalue weighted by Gasteiger charge is -2.60. The Kier molecular flexibility index (Phi) is 6.77. The number of guanidine groups is 1. The summed E-state index contributed by atoms with van der Waals surface area (Å²) < 4.78 is 7.75. The van der Waals surface area contributed by atoms with Crippen molar-refractivity contribution in [1.29, 1.82) is 0 Å². The molecule has 0 spiro atoms. The lowest BCUT2D eigenvalue weighted by atomic mass is 9.55. The first-order valence-electron chi connectivity index (χ1n) is 10.4. The van der Waals surface area contributed by atoms with Crippen molar-refractivity contribution in [2.75, 3.05) is 37.7 Å². The van der Waals surface area contributed by atoms with Gasteiger partial charge in [-0.2, -0.15) is 5.10 Å². The molecule has 29 heavy (non-hydrogen) atoms. The van der Waals surface area contributed by atoms with E-state index in [1.54, 1.807) is 10.9 Å². The fraction of sp³-hybridized carbons (Fsp3) is 0.750. The Labute approximate surface area is 190 Å². The Hall–Kier alpha value is -1.36. The maximum atomic E-state index is 12.8. The van der Waals surface area contributed by atoms with E-state index in [1.165, 1.54) is 6.42 Å². The quantitative estimate of drug-likeness (QED) is 0.377. The van der Waals surface area contributed by atoms with Crippen LogP contribution in [0.4, 0.5) is 5.69 Å². The lowest BCUT2D eigenvalue weighted by Crippen LogP contribution is -2.71. The van der Waals surface area contributed by atoms with Crippen molar-refractivity contribution < 1.29 is 9.53 Å². The highest BCUT2D eigenvalue weighted by molar-refractivity contribution is 14.0. The van der Waals surface area contributed by atoms with Crippen LogP contribution in [0.3, 0.4) is 0 Å². The van der Waals surface area contributed by atoms with Crippen LogP contribution < -0.4 is 10.2 Å². The number of fused-ring (bicyclic) bond motifs is 1. The Bertz CT molecular complexity index is 764. The van der Waals surface area contributed by atoms with Crippen LogP contribution in [0.1, 0.15) is 33.6 Å². The number of piperazine rings is 1. The van der Waals surface area contributed by atoms with Gasteiger partial charge >= 0.3 is 0 Å². The maximum Gasteiger partial charge on any atom is 0.246 e. The Morgan fingerprint density at radius 2 is 2.21 bits per heavy atom. The molecule has 2 aliphatic heterocycles. The van der Waals surface area contributed by atoms with Gasteiger partial charge in [-0.1, -0.05) is 13.8 Å². The number of ether oxygens (including phenoxy) is 1. The van der Waals surface area contributed by atoms with Crippen molar-refractivity contribution in [2.24, 2.45) is 23.4 Å². The molecule has 1 aromatic rings. The molecule has 1 saturated carbocycles. The number of carbonyl (C=O) groups is 1. The summed E-state index contributed by atoms with van der Waals surface area (Å²) in [7, 11) is 1.86. The van der Waals surface area contributed by atoms with Crippen molar-refractivity contribution in [2.45, 2.75) is 45.8 Å². The van der Waals surface area contributed by atoms with Crippen LogP contribution in [0.2, 0.25) is 0 Å². The number of anilines is 1. The number of aliphatic imine (C=N–C) groups is 1. The minimum absolute atomic E-state index is 0. The van der Waals surface area contributed by atoms with Crippen LogP contribution in [0.25, 0.3) is 0 Å². The summed E-state index contributed by atoms with van der Waals surface area (Å²) in [6.45, 7) is 9.86. The number of carbonyl (C=O) groups excluding carboxylic acids is 1. The second-order valence-corrected chi connectivity index (χ2v) is 8.68. The maximum absolute atomic E-state index is 12.8. The minimum atomic E-state index is 0. The normalized spacial score (nSPS) is 29.0. The van der Waals surface area contributed by atoms with E-state index in [2.05, 4.69) is 29.2 Å². The van der Waals surface area contributed by atoms with E-state index in [0.717, 1.165) is 31.2 Å². The average Bonchev–Trinajstić information content (AvgIpc) is 3.11. The predicted octanol–water partition coefficient (Wildman–Crippen LogP) is 1.86. The van der Waals surface area contributed by atoms with Gasteiger partial charge in [-0.3, -0.25) is 14.5 Å². The molecule has 3 atom stereocenters. The van der Waals surface area contributed by atoms with Crippen LogP contribution in [0, 0.1) is 11.3 Å². The van der Waals surface area contributed by atoms with Crippen molar-refractivity contribution in [3.05, 3.63) is 12.4 Å². The molecule has 3 aliphatic rings. The van der Waals surface area contributed by atoms with Gasteiger partial charge in [-0.25, -0.2) is 0 Å². The molecule has 4 rings (SSSR count). The van der Waals surface area contributed by atoms with E-state index in [4.69, 9.17) is 9.73 Å². The number of nitrogens with zero attached hydrogens (tertiary/aromatic N) is 5. The molecule has 3 fully saturated rings. The van der Waals surface area contributed by atoms with E-state index in [0.29, 0.717) is 37.7 Å². The molecule has 0 bridgehead atoms. The molecule has 1 N–H and O–H groups in total. The van der Waals surface area contributed by atoms with Gasteiger partial charge in [0.1, 0.15) is 6.54 Å². The largest absolute Gasteiger partial charge is 0.377 e. The molecule has 9 heteroatoms. The first-order valence-corrected chi connectivity index (χ1v) is 10.4. The van der Waals surface area contributed by atoms with Gasteiger partial charge in [-0.15, -0.1) is 24.0 Å². The molecular weight excluding hydrogens is 483 g/mol. The molecule has 162 valence electrons. The van der Waals surface area contributed by atoms with Gasteiger partial charge in [0.2, 0.25) is 5.91 Å². The van der Waals surface area contributed by atoms with Crippen LogP contribution in [-0.2, 0) is 16.6 Å².